The summed E-state index contributed by atoms with van der Waals surface area (Å²) in [5.41, 5.74) is 7.01. The van der Waals surface area contributed by atoms with Crippen molar-refractivity contribution in [3.8, 4) is 5.75 Å². The molecule has 0 bridgehead atoms. The average molecular weight is 457 g/mol. The van der Waals surface area contributed by atoms with Crippen LogP contribution in [0.25, 0.3) is 0 Å². The van der Waals surface area contributed by atoms with E-state index in [1.54, 1.807) is 13.1 Å². The molecule has 3 aromatic rings. The first-order valence-electron chi connectivity index (χ1n) is 9.95. The number of nitrogens with zero attached hydrogens (tertiary/aromatic N) is 2. The Balaban J connectivity index is 1.75. The Morgan fingerprint density at radius 1 is 1.19 bits per heavy atom. The number of hydrogen-bond donors (Lipinski definition) is 2. The third-order valence-corrected chi connectivity index (χ3v) is 5.78. The molecule has 0 fully saturated rings. The van der Waals surface area contributed by atoms with E-state index in [9.17, 15) is 14.4 Å². The van der Waals surface area contributed by atoms with Crippen LogP contribution in [-0.4, -0.2) is 34.2 Å². The summed E-state index contributed by atoms with van der Waals surface area (Å²) in [6.07, 6.45) is 2.25. The molecule has 0 radical (unpaired) electrons. The van der Waals surface area contributed by atoms with Crippen molar-refractivity contribution >= 4 is 34.1 Å². The lowest BCUT2D eigenvalue weighted by Crippen LogP contribution is -2.16. The number of aromatic nitrogens is 2. The average Bonchev–Trinajstić information content (AvgIpc) is 3.36. The first kappa shape index (κ1) is 23.0. The van der Waals surface area contributed by atoms with Crippen LogP contribution in [0.3, 0.4) is 0 Å². The Labute approximate surface area is 189 Å². The van der Waals surface area contributed by atoms with Gasteiger partial charge in [-0.3, -0.25) is 9.59 Å². The Hall–Kier alpha value is -3.66. The molecule has 0 saturated heterocycles. The molecule has 0 unspecified atom stereocenters. The number of thiophene rings is 1. The molecule has 0 saturated carbocycles. The molecule has 3 rings (SSSR count). The zero-order valence-corrected chi connectivity index (χ0v) is 18.8. The number of primary amides is 1. The Kier molecular flexibility index (Phi) is 7.26. The van der Waals surface area contributed by atoms with Crippen molar-refractivity contribution in [2.45, 2.75) is 33.9 Å². The zero-order chi connectivity index (χ0) is 23.3. The predicted octanol–water partition coefficient (Wildman–Crippen LogP) is 3.52. The van der Waals surface area contributed by atoms with Crippen LogP contribution in [0.4, 0.5) is 5.00 Å². The highest BCUT2D eigenvalue weighted by Gasteiger charge is 2.26. The topological polar surface area (TPSA) is 126 Å². The highest BCUT2D eigenvalue weighted by molar-refractivity contribution is 7.18. The van der Waals surface area contributed by atoms with Gasteiger partial charge in [0.1, 0.15) is 10.8 Å². The quantitative estimate of drug-likeness (QED) is 0.475. The number of hydrogen-bond acceptors (Lipinski definition) is 7. The minimum Gasteiger partial charge on any atom is -0.471 e. The van der Waals surface area contributed by atoms with Gasteiger partial charge in [-0.05, 0) is 43.5 Å². The number of anilines is 1. The zero-order valence-electron chi connectivity index (χ0n) is 18.0. The van der Waals surface area contributed by atoms with Gasteiger partial charge in [0.2, 0.25) is 0 Å². The molecule has 0 spiro atoms. The van der Waals surface area contributed by atoms with Gasteiger partial charge in [-0.15, -0.1) is 11.3 Å². The molecule has 0 aliphatic carbocycles. The number of amides is 2. The standard InChI is InChI=1S/C22H24N4O5S/c1-4-11-30-22(29)17-14(3)18(19(23)27)32-21(17)24-20(28)15-9-10-26(25-15)12-31-16-8-6-5-7-13(16)2/h5-10H,4,11-12H2,1-3H3,(H2,23,27)(H,24,28). The van der Waals surface area contributed by atoms with E-state index in [1.165, 1.54) is 10.7 Å². The molecule has 1 aromatic carbocycles. The van der Waals surface area contributed by atoms with Crippen molar-refractivity contribution in [2.24, 2.45) is 5.73 Å². The monoisotopic (exact) mass is 456 g/mol. The van der Waals surface area contributed by atoms with Gasteiger partial charge in [0.05, 0.1) is 17.0 Å². The maximum absolute atomic E-state index is 12.7. The second kappa shape index (κ2) is 10.1. The molecule has 0 aliphatic heterocycles. The van der Waals surface area contributed by atoms with Crippen LogP contribution in [0.2, 0.25) is 0 Å². The minimum absolute atomic E-state index is 0.118. The summed E-state index contributed by atoms with van der Waals surface area (Å²) in [5.74, 6) is -1.13. The summed E-state index contributed by atoms with van der Waals surface area (Å²) in [4.78, 5) is 37.2. The van der Waals surface area contributed by atoms with Gasteiger partial charge < -0.3 is 20.5 Å². The lowest BCUT2D eigenvalue weighted by Gasteiger charge is -2.08. The Morgan fingerprint density at radius 3 is 2.62 bits per heavy atom. The number of nitrogens with two attached hydrogens (primary N) is 1. The number of carbonyl (C=O) groups is 3. The second-order valence-electron chi connectivity index (χ2n) is 6.99. The van der Waals surface area contributed by atoms with Gasteiger partial charge in [-0.1, -0.05) is 25.1 Å². The summed E-state index contributed by atoms with van der Waals surface area (Å²) < 4.78 is 12.4. The van der Waals surface area contributed by atoms with Crippen molar-refractivity contribution in [2.75, 3.05) is 11.9 Å². The molecule has 168 valence electrons. The fourth-order valence-corrected chi connectivity index (χ4v) is 3.97. The Bertz CT molecular complexity index is 1150. The lowest BCUT2D eigenvalue weighted by atomic mass is 10.1. The van der Waals surface area contributed by atoms with Gasteiger partial charge in [0.15, 0.2) is 12.4 Å². The maximum Gasteiger partial charge on any atom is 0.341 e. The van der Waals surface area contributed by atoms with Gasteiger partial charge in [0.25, 0.3) is 11.8 Å². The van der Waals surface area contributed by atoms with Gasteiger partial charge in [0, 0.05) is 6.20 Å². The van der Waals surface area contributed by atoms with Crippen molar-refractivity contribution in [1.29, 1.82) is 0 Å². The highest BCUT2D eigenvalue weighted by Crippen LogP contribution is 2.33. The number of para-hydroxylation sites is 1. The first-order chi connectivity index (χ1) is 15.3. The maximum atomic E-state index is 12.7. The summed E-state index contributed by atoms with van der Waals surface area (Å²) in [6.45, 7) is 5.73. The van der Waals surface area contributed by atoms with E-state index in [-0.39, 0.29) is 34.5 Å². The number of benzene rings is 1. The second-order valence-corrected chi connectivity index (χ2v) is 8.01. The number of carbonyl (C=O) groups excluding carboxylic acids is 3. The first-order valence-corrected chi connectivity index (χ1v) is 10.8. The van der Waals surface area contributed by atoms with E-state index in [1.807, 2.05) is 38.1 Å². The van der Waals surface area contributed by atoms with Crippen LogP contribution < -0.4 is 15.8 Å². The smallest absolute Gasteiger partial charge is 0.341 e. The predicted molar refractivity (Wildman–Crippen MR) is 120 cm³/mol. The summed E-state index contributed by atoms with van der Waals surface area (Å²) >= 11 is 0.928. The molecular weight excluding hydrogens is 432 g/mol. The molecular formula is C22H24N4O5S. The van der Waals surface area contributed by atoms with E-state index < -0.39 is 17.8 Å². The van der Waals surface area contributed by atoms with Gasteiger partial charge in [-0.25, -0.2) is 9.48 Å². The molecule has 10 heteroatoms. The summed E-state index contributed by atoms with van der Waals surface area (Å²) in [7, 11) is 0. The highest BCUT2D eigenvalue weighted by atomic mass is 32.1. The number of rotatable bonds is 9. The molecule has 3 N–H and O–H groups in total. The van der Waals surface area contributed by atoms with E-state index in [4.69, 9.17) is 15.2 Å². The fourth-order valence-electron chi connectivity index (χ4n) is 2.93. The van der Waals surface area contributed by atoms with E-state index in [0.29, 0.717) is 12.0 Å². The van der Waals surface area contributed by atoms with Crippen LogP contribution in [-0.2, 0) is 11.5 Å². The molecule has 32 heavy (non-hydrogen) atoms. The summed E-state index contributed by atoms with van der Waals surface area (Å²) in [6, 6.07) is 9.10. The minimum atomic E-state index is -0.685. The fraction of sp³-hybridized carbons (Fsp3) is 0.273. The summed E-state index contributed by atoms with van der Waals surface area (Å²) in [5, 5.41) is 7.05. The number of nitrogens with one attached hydrogen (secondary N) is 1. The van der Waals surface area contributed by atoms with Crippen LogP contribution in [0.1, 0.15) is 55.0 Å². The third kappa shape index (κ3) is 5.14. The number of esters is 1. The van der Waals surface area contributed by atoms with Crippen molar-refractivity contribution < 1.29 is 23.9 Å². The van der Waals surface area contributed by atoms with Gasteiger partial charge in [-0.2, -0.15) is 5.10 Å². The largest absolute Gasteiger partial charge is 0.471 e. The van der Waals surface area contributed by atoms with Crippen molar-refractivity contribution in [3.63, 3.8) is 0 Å². The van der Waals surface area contributed by atoms with E-state index in [0.717, 1.165) is 22.6 Å². The number of aryl methyl sites for hydroxylation is 1. The molecule has 2 amide bonds. The van der Waals surface area contributed by atoms with Crippen LogP contribution in [0.15, 0.2) is 36.5 Å². The molecule has 0 aliphatic rings. The molecule has 9 nitrogen and oxygen atoms in total. The normalized spacial score (nSPS) is 10.6. The van der Waals surface area contributed by atoms with E-state index >= 15 is 0 Å². The van der Waals surface area contributed by atoms with E-state index in [2.05, 4.69) is 10.4 Å². The molecule has 2 aromatic heterocycles. The molecule has 2 heterocycles. The van der Waals surface area contributed by atoms with Crippen LogP contribution >= 0.6 is 11.3 Å². The lowest BCUT2D eigenvalue weighted by molar-refractivity contribution is 0.0506. The van der Waals surface area contributed by atoms with Crippen LogP contribution in [0, 0.1) is 13.8 Å². The van der Waals surface area contributed by atoms with Crippen LogP contribution in [0.5, 0.6) is 5.75 Å². The SMILES string of the molecule is CCCOC(=O)c1c(NC(=O)c2ccn(COc3ccccc3C)n2)sc(C(N)=O)c1C. The third-order valence-electron chi connectivity index (χ3n) is 4.56. The van der Waals surface area contributed by atoms with Gasteiger partial charge >= 0.3 is 5.97 Å². The Morgan fingerprint density at radius 2 is 1.94 bits per heavy atom. The van der Waals surface area contributed by atoms with Crippen molar-refractivity contribution in [1.82, 2.24) is 9.78 Å². The number of ether oxygens (including phenoxy) is 2. The van der Waals surface area contributed by atoms with Crippen molar-refractivity contribution in [3.05, 3.63) is 63.8 Å². The molecule has 0 atom stereocenters.